The number of unbranched alkanes of at least 4 members (excludes halogenated alkanes) is 15. The van der Waals surface area contributed by atoms with Crippen LogP contribution in [0.15, 0.2) is 122 Å². The molecule has 0 aliphatic carbocycles. The summed E-state index contributed by atoms with van der Waals surface area (Å²) in [4.78, 5) is 38.0. The molecule has 0 aromatic heterocycles. The highest BCUT2D eigenvalue weighted by Gasteiger charge is 2.19. The maximum absolute atomic E-state index is 12.8. The summed E-state index contributed by atoms with van der Waals surface area (Å²) in [5.74, 6) is -1.03. The lowest BCUT2D eigenvalue weighted by atomic mass is 10.0. The van der Waals surface area contributed by atoms with Crippen molar-refractivity contribution in [3.8, 4) is 0 Å². The third-order valence-electron chi connectivity index (χ3n) is 10.7. The van der Waals surface area contributed by atoms with Crippen LogP contribution in [0.25, 0.3) is 0 Å². The molecule has 0 amide bonds. The smallest absolute Gasteiger partial charge is 0.306 e. The molecule has 0 aromatic rings. The minimum Gasteiger partial charge on any atom is -0.462 e. The van der Waals surface area contributed by atoms with E-state index >= 15 is 0 Å². The summed E-state index contributed by atoms with van der Waals surface area (Å²) in [5, 5.41) is 0. The van der Waals surface area contributed by atoms with Crippen LogP contribution in [0.3, 0.4) is 0 Å². The summed E-state index contributed by atoms with van der Waals surface area (Å²) in [6.07, 6.45) is 73.3. The fourth-order valence-electron chi connectivity index (χ4n) is 6.81. The molecule has 0 aromatic carbocycles. The van der Waals surface area contributed by atoms with E-state index in [1.165, 1.54) is 57.8 Å². The van der Waals surface area contributed by atoms with Crippen molar-refractivity contribution >= 4 is 17.9 Å². The lowest BCUT2D eigenvalue weighted by molar-refractivity contribution is -0.166. The first-order chi connectivity index (χ1) is 32.5. The molecule has 0 radical (unpaired) electrons. The molecule has 0 spiro atoms. The zero-order valence-corrected chi connectivity index (χ0v) is 42.4. The van der Waals surface area contributed by atoms with Crippen molar-refractivity contribution in [3.63, 3.8) is 0 Å². The van der Waals surface area contributed by atoms with Crippen molar-refractivity contribution in [1.29, 1.82) is 0 Å². The molecule has 6 heteroatoms. The number of rotatable bonds is 46. The predicted octanol–water partition coefficient (Wildman–Crippen LogP) is 17.7. The summed E-state index contributed by atoms with van der Waals surface area (Å²) >= 11 is 0. The normalized spacial score (nSPS) is 13.1. The number of carbonyl (C=O) groups excluding carboxylic acids is 3. The van der Waals surface area contributed by atoms with E-state index in [-0.39, 0.29) is 44.0 Å². The van der Waals surface area contributed by atoms with Gasteiger partial charge in [-0.1, -0.05) is 226 Å². The first kappa shape index (κ1) is 61.8. The van der Waals surface area contributed by atoms with Crippen molar-refractivity contribution in [1.82, 2.24) is 0 Å². The third-order valence-corrected chi connectivity index (χ3v) is 10.7. The zero-order valence-electron chi connectivity index (χ0n) is 42.4. The fourth-order valence-corrected chi connectivity index (χ4v) is 6.81. The van der Waals surface area contributed by atoms with Gasteiger partial charge in [0.1, 0.15) is 13.2 Å². The highest BCUT2D eigenvalue weighted by Crippen LogP contribution is 2.14. The molecular formula is C60H96O6. The maximum Gasteiger partial charge on any atom is 0.306 e. The summed E-state index contributed by atoms with van der Waals surface area (Å²) in [6, 6.07) is 0. The predicted molar refractivity (Wildman–Crippen MR) is 283 cm³/mol. The number of hydrogen-bond acceptors (Lipinski definition) is 6. The molecule has 0 bridgehead atoms. The van der Waals surface area contributed by atoms with Crippen LogP contribution in [-0.4, -0.2) is 37.2 Å². The second kappa shape index (κ2) is 53.4. The number of carbonyl (C=O) groups is 3. The second-order valence-electron chi connectivity index (χ2n) is 17.0. The standard InChI is InChI=1S/C60H96O6/c1-4-7-10-13-16-19-22-25-27-29-30-32-33-35-38-41-44-47-50-53-59(62)65-56-57(55-64-58(61)52-49-46-43-40-37-24-21-18-15-12-9-6-3)66-60(63)54-51-48-45-42-39-36-34-31-28-26-23-20-17-14-11-8-5-2/h7-8,10-11,16-17,19-20,25-28,30,32,34-36,38,44,47,57H,4-6,9,12-15,18,21-24,29,31,33,37,39-43,45-46,48-56H2,1-3H3/b10-7-,11-8-,19-16-,20-17-,27-25-,28-26-,32-30-,36-34-,38-35-,47-44-. The molecule has 0 saturated carbocycles. The van der Waals surface area contributed by atoms with Gasteiger partial charge in [0.05, 0.1) is 0 Å². The summed E-state index contributed by atoms with van der Waals surface area (Å²) < 4.78 is 16.7. The largest absolute Gasteiger partial charge is 0.462 e. The van der Waals surface area contributed by atoms with E-state index in [1.54, 1.807) is 0 Å². The highest BCUT2D eigenvalue weighted by molar-refractivity contribution is 5.71. The van der Waals surface area contributed by atoms with E-state index in [1.807, 2.05) is 12.2 Å². The van der Waals surface area contributed by atoms with E-state index in [4.69, 9.17) is 14.2 Å². The van der Waals surface area contributed by atoms with Gasteiger partial charge in [-0.05, 0) is 96.3 Å². The maximum atomic E-state index is 12.8. The van der Waals surface area contributed by atoms with Gasteiger partial charge in [0.2, 0.25) is 0 Å². The molecule has 372 valence electrons. The number of allylic oxidation sites excluding steroid dienone is 20. The van der Waals surface area contributed by atoms with E-state index in [2.05, 4.69) is 130 Å². The molecule has 66 heavy (non-hydrogen) atoms. The highest BCUT2D eigenvalue weighted by atomic mass is 16.6. The van der Waals surface area contributed by atoms with E-state index in [0.717, 1.165) is 116 Å². The van der Waals surface area contributed by atoms with Crippen LogP contribution in [-0.2, 0) is 28.6 Å². The van der Waals surface area contributed by atoms with Crippen molar-refractivity contribution in [2.24, 2.45) is 0 Å². The number of esters is 3. The van der Waals surface area contributed by atoms with Gasteiger partial charge in [0.15, 0.2) is 6.10 Å². The van der Waals surface area contributed by atoms with Gasteiger partial charge in [0, 0.05) is 19.3 Å². The van der Waals surface area contributed by atoms with E-state index in [9.17, 15) is 14.4 Å². The second-order valence-corrected chi connectivity index (χ2v) is 17.0. The Morgan fingerprint density at radius 1 is 0.318 bits per heavy atom. The van der Waals surface area contributed by atoms with E-state index < -0.39 is 6.10 Å². The van der Waals surface area contributed by atoms with Crippen LogP contribution >= 0.6 is 0 Å². The Morgan fingerprint density at radius 3 is 1.02 bits per heavy atom. The van der Waals surface area contributed by atoms with Gasteiger partial charge in [-0.2, -0.15) is 0 Å². The van der Waals surface area contributed by atoms with Gasteiger partial charge in [-0.25, -0.2) is 0 Å². The lowest BCUT2D eigenvalue weighted by Gasteiger charge is -2.18. The number of ether oxygens (including phenoxy) is 3. The minimum absolute atomic E-state index is 0.113. The first-order valence-electron chi connectivity index (χ1n) is 26.5. The van der Waals surface area contributed by atoms with Crippen LogP contribution < -0.4 is 0 Å². The zero-order chi connectivity index (χ0) is 47.9. The van der Waals surface area contributed by atoms with Crippen molar-refractivity contribution in [2.75, 3.05) is 13.2 Å². The summed E-state index contributed by atoms with van der Waals surface area (Å²) in [6.45, 7) is 6.31. The Kier molecular flexibility index (Phi) is 50.0. The molecule has 1 unspecified atom stereocenters. The Bertz CT molecular complexity index is 1420. The molecule has 0 saturated heterocycles. The van der Waals surface area contributed by atoms with Crippen LogP contribution in [0, 0.1) is 0 Å². The minimum atomic E-state index is -0.823. The molecule has 0 N–H and O–H groups in total. The van der Waals surface area contributed by atoms with Crippen LogP contribution in [0.1, 0.15) is 220 Å². The summed E-state index contributed by atoms with van der Waals surface area (Å²) in [7, 11) is 0. The van der Waals surface area contributed by atoms with Crippen LogP contribution in [0.5, 0.6) is 0 Å². The van der Waals surface area contributed by atoms with Crippen molar-refractivity contribution < 1.29 is 28.6 Å². The molecule has 1 atom stereocenters. The van der Waals surface area contributed by atoms with Gasteiger partial charge in [0.25, 0.3) is 0 Å². The third kappa shape index (κ3) is 50.8. The topological polar surface area (TPSA) is 78.9 Å². The molecule has 0 rings (SSSR count). The quantitative estimate of drug-likeness (QED) is 0.0262. The van der Waals surface area contributed by atoms with Crippen LogP contribution in [0.2, 0.25) is 0 Å². The van der Waals surface area contributed by atoms with Gasteiger partial charge in [-0.15, -0.1) is 0 Å². The molecule has 0 aliphatic rings. The Balaban J connectivity index is 4.55. The Morgan fingerprint density at radius 2 is 0.621 bits per heavy atom. The summed E-state index contributed by atoms with van der Waals surface area (Å²) in [5.41, 5.74) is 0. The van der Waals surface area contributed by atoms with Crippen molar-refractivity contribution in [3.05, 3.63) is 122 Å². The van der Waals surface area contributed by atoms with E-state index in [0.29, 0.717) is 12.8 Å². The SMILES string of the molecule is CC/C=C\C/C=C\C/C=C\C/C=C\C/C=C\C/C=C\CCC(=O)OCC(COC(=O)CCCCCCCCCCCCCC)OC(=O)CCCCCC/C=C\C/C=C\C/C=C\C/C=C\CC. The van der Waals surface area contributed by atoms with Gasteiger partial charge < -0.3 is 14.2 Å². The monoisotopic (exact) mass is 913 g/mol. The molecule has 6 nitrogen and oxygen atoms in total. The van der Waals surface area contributed by atoms with Gasteiger partial charge >= 0.3 is 17.9 Å². The molecule has 0 aliphatic heterocycles. The number of hydrogen-bond donors (Lipinski definition) is 0. The van der Waals surface area contributed by atoms with Gasteiger partial charge in [-0.3, -0.25) is 14.4 Å². The Hall–Kier alpha value is -4.19. The molecular weight excluding hydrogens is 817 g/mol. The Labute approximate surface area is 405 Å². The average Bonchev–Trinajstić information content (AvgIpc) is 3.31. The molecule has 0 heterocycles. The van der Waals surface area contributed by atoms with Crippen molar-refractivity contribution in [2.45, 2.75) is 226 Å². The fraction of sp³-hybridized carbons (Fsp3) is 0.617. The average molecular weight is 913 g/mol. The molecule has 0 fully saturated rings. The van der Waals surface area contributed by atoms with Crippen LogP contribution in [0.4, 0.5) is 0 Å². The lowest BCUT2D eigenvalue weighted by Crippen LogP contribution is -2.30. The first-order valence-corrected chi connectivity index (χ1v) is 26.5.